The van der Waals surface area contributed by atoms with Crippen LogP contribution in [0.15, 0.2) is 34.2 Å². The Labute approximate surface area is 160 Å². The third kappa shape index (κ3) is 3.89. The lowest BCUT2D eigenvalue weighted by Crippen LogP contribution is -2.28. The molecular formula is C18H22N6O2S. The van der Waals surface area contributed by atoms with Gasteiger partial charge in [0.25, 0.3) is 5.56 Å². The van der Waals surface area contributed by atoms with Crippen molar-refractivity contribution < 1.29 is 4.74 Å². The zero-order chi connectivity index (χ0) is 18.6. The number of benzene rings is 1. The minimum atomic E-state index is -0.0215. The molecule has 0 unspecified atom stereocenters. The molecule has 4 rings (SSSR count). The monoisotopic (exact) mass is 386 g/mol. The number of fused-ring (bicyclic) bond motifs is 1. The summed E-state index contributed by atoms with van der Waals surface area (Å²) in [5.41, 5.74) is 0.688. The molecule has 0 amide bonds. The molecule has 1 fully saturated rings. The van der Waals surface area contributed by atoms with Gasteiger partial charge in [0.1, 0.15) is 0 Å². The van der Waals surface area contributed by atoms with E-state index in [4.69, 9.17) is 9.72 Å². The lowest BCUT2D eigenvalue weighted by Gasteiger charge is -2.16. The summed E-state index contributed by atoms with van der Waals surface area (Å²) in [5, 5.41) is 13.2. The number of tetrazole rings is 1. The van der Waals surface area contributed by atoms with Crippen LogP contribution in [0.25, 0.3) is 10.9 Å². The second-order valence-corrected chi connectivity index (χ2v) is 7.51. The van der Waals surface area contributed by atoms with Gasteiger partial charge >= 0.3 is 0 Å². The molecule has 2 aromatic heterocycles. The van der Waals surface area contributed by atoms with E-state index in [2.05, 4.69) is 22.4 Å². The Hall–Kier alpha value is -2.26. The highest BCUT2D eigenvalue weighted by Crippen LogP contribution is 2.23. The standard InChI is InChI=1S/C18H22N6O2S/c1-2-9-24-16(20-21-22-24)12-27-18-19-15-8-4-3-7-14(15)17(25)23(18)11-13-6-5-10-26-13/h3-4,7-8,13H,2,5-6,9-12H2,1H3/t13-/m0/s1. The minimum Gasteiger partial charge on any atom is -0.376 e. The van der Waals surface area contributed by atoms with Gasteiger partial charge < -0.3 is 4.74 Å². The van der Waals surface area contributed by atoms with Crippen LogP contribution in [0.3, 0.4) is 0 Å². The second kappa shape index (κ2) is 8.18. The van der Waals surface area contributed by atoms with Crippen LogP contribution >= 0.6 is 11.8 Å². The summed E-state index contributed by atoms with van der Waals surface area (Å²) in [4.78, 5) is 17.8. The number of aromatic nitrogens is 6. The Balaban J connectivity index is 1.66. The molecule has 1 aromatic carbocycles. The van der Waals surface area contributed by atoms with Crippen LogP contribution < -0.4 is 5.56 Å². The number of ether oxygens (including phenoxy) is 1. The van der Waals surface area contributed by atoms with Gasteiger partial charge in [-0.05, 0) is 41.8 Å². The molecule has 1 atom stereocenters. The summed E-state index contributed by atoms with van der Waals surface area (Å²) < 4.78 is 9.30. The van der Waals surface area contributed by atoms with E-state index in [1.54, 1.807) is 9.25 Å². The lowest BCUT2D eigenvalue weighted by molar-refractivity contribution is 0.0937. The molecule has 0 saturated carbocycles. The van der Waals surface area contributed by atoms with Gasteiger partial charge in [-0.25, -0.2) is 9.67 Å². The number of hydrogen-bond acceptors (Lipinski definition) is 7. The maximum Gasteiger partial charge on any atom is 0.262 e. The van der Waals surface area contributed by atoms with Gasteiger partial charge in [-0.15, -0.1) is 5.10 Å². The van der Waals surface area contributed by atoms with E-state index in [9.17, 15) is 4.79 Å². The van der Waals surface area contributed by atoms with Crippen molar-refractivity contribution in [3.63, 3.8) is 0 Å². The SMILES string of the molecule is CCCn1nnnc1CSc1nc2ccccc2c(=O)n1C[C@@H]1CCCO1. The first-order valence-electron chi connectivity index (χ1n) is 9.25. The first-order chi connectivity index (χ1) is 13.3. The molecule has 1 aliphatic heterocycles. The van der Waals surface area contributed by atoms with Crippen molar-refractivity contribution in [2.24, 2.45) is 0 Å². The maximum atomic E-state index is 13.1. The molecule has 0 bridgehead atoms. The summed E-state index contributed by atoms with van der Waals surface area (Å²) in [6.07, 6.45) is 3.03. The summed E-state index contributed by atoms with van der Waals surface area (Å²) >= 11 is 1.49. The van der Waals surface area contributed by atoms with Gasteiger partial charge in [-0.3, -0.25) is 9.36 Å². The molecule has 27 heavy (non-hydrogen) atoms. The van der Waals surface area contributed by atoms with E-state index >= 15 is 0 Å². The highest BCUT2D eigenvalue weighted by atomic mass is 32.2. The van der Waals surface area contributed by atoms with Gasteiger partial charge in [0.15, 0.2) is 11.0 Å². The molecule has 1 aliphatic rings. The predicted molar refractivity (Wildman–Crippen MR) is 103 cm³/mol. The number of rotatable bonds is 7. The largest absolute Gasteiger partial charge is 0.376 e. The second-order valence-electron chi connectivity index (χ2n) is 6.57. The Kier molecular flexibility index (Phi) is 5.49. The normalized spacial score (nSPS) is 17.0. The van der Waals surface area contributed by atoms with Crippen molar-refractivity contribution in [2.45, 2.75) is 56.3 Å². The van der Waals surface area contributed by atoms with Gasteiger partial charge in [0.05, 0.1) is 29.3 Å². The smallest absolute Gasteiger partial charge is 0.262 e. The fourth-order valence-corrected chi connectivity index (χ4v) is 4.19. The number of aryl methyl sites for hydroxylation is 1. The summed E-state index contributed by atoms with van der Waals surface area (Å²) in [5.74, 6) is 1.34. The third-order valence-corrected chi connectivity index (χ3v) is 5.58. The Morgan fingerprint density at radius 1 is 1.33 bits per heavy atom. The highest BCUT2D eigenvalue weighted by Gasteiger charge is 2.20. The molecule has 3 aromatic rings. The molecule has 0 radical (unpaired) electrons. The maximum absolute atomic E-state index is 13.1. The van der Waals surface area contributed by atoms with Gasteiger partial charge in [-0.1, -0.05) is 30.8 Å². The van der Waals surface area contributed by atoms with Crippen molar-refractivity contribution in [2.75, 3.05) is 6.61 Å². The number of para-hydroxylation sites is 1. The first-order valence-corrected chi connectivity index (χ1v) is 10.2. The molecule has 1 saturated heterocycles. The van der Waals surface area contributed by atoms with E-state index < -0.39 is 0 Å². The predicted octanol–water partition coefficient (Wildman–Crippen LogP) is 2.26. The first kappa shape index (κ1) is 18.1. The summed E-state index contributed by atoms with van der Waals surface area (Å²) in [6.45, 7) is 4.15. The van der Waals surface area contributed by atoms with Gasteiger partial charge in [0, 0.05) is 13.2 Å². The number of nitrogens with zero attached hydrogens (tertiary/aromatic N) is 6. The third-order valence-electron chi connectivity index (χ3n) is 4.61. The average Bonchev–Trinajstić information content (AvgIpc) is 3.35. The molecule has 9 heteroatoms. The Morgan fingerprint density at radius 2 is 2.22 bits per heavy atom. The molecule has 142 valence electrons. The zero-order valence-corrected chi connectivity index (χ0v) is 16.1. The van der Waals surface area contributed by atoms with Crippen LogP contribution in [0.1, 0.15) is 32.0 Å². The molecular weight excluding hydrogens is 364 g/mol. The van der Waals surface area contributed by atoms with Crippen LogP contribution in [-0.2, 0) is 23.6 Å². The quantitative estimate of drug-likeness (QED) is 0.455. The van der Waals surface area contributed by atoms with Crippen molar-refractivity contribution in [3.05, 3.63) is 40.4 Å². The van der Waals surface area contributed by atoms with Crippen molar-refractivity contribution >= 4 is 22.7 Å². The lowest BCUT2D eigenvalue weighted by atomic mass is 10.2. The van der Waals surface area contributed by atoms with Crippen LogP contribution in [0.2, 0.25) is 0 Å². The molecule has 3 heterocycles. The van der Waals surface area contributed by atoms with E-state index in [1.165, 1.54) is 11.8 Å². The average molecular weight is 386 g/mol. The molecule has 0 aliphatic carbocycles. The molecule has 0 spiro atoms. The highest BCUT2D eigenvalue weighted by molar-refractivity contribution is 7.98. The Bertz CT molecular complexity index is 979. The number of thioether (sulfide) groups is 1. The van der Waals surface area contributed by atoms with Crippen molar-refractivity contribution in [1.82, 2.24) is 29.8 Å². The zero-order valence-electron chi connectivity index (χ0n) is 15.2. The van der Waals surface area contributed by atoms with Gasteiger partial charge in [0.2, 0.25) is 0 Å². The van der Waals surface area contributed by atoms with Crippen LogP contribution in [0.5, 0.6) is 0 Å². The fraction of sp³-hybridized carbons (Fsp3) is 0.500. The van der Waals surface area contributed by atoms with Crippen LogP contribution in [0, 0.1) is 0 Å². The summed E-state index contributed by atoms with van der Waals surface area (Å²) in [6, 6.07) is 7.47. The summed E-state index contributed by atoms with van der Waals surface area (Å²) in [7, 11) is 0. The van der Waals surface area contributed by atoms with Crippen LogP contribution in [0.4, 0.5) is 0 Å². The number of hydrogen-bond donors (Lipinski definition) is 0. The molecule has 8 nitrogen and oxygen atoms in total. The molecule has 0 N–H and O–H groups in total. The van der Waals surface area contributed by atoms with Crippen LogP contribution in [-0.4, -0.2) is 42.5 Å². The van der Waals surface area contributed by atoms with E-state index in [0.717, 1.165) is 38.2 Å². The van der Waals surface area contributed by atoms with Gasteiger partial charge in [-0.2, -0.15) is 0 Å². The van der Waals surface area contributed by atoms with E-state index in [0.29, 0.717) is 28.4 Å². The topological polar surface area (TPSA) is 87.7 Å². The minimum absolute atomic E-state index is 0.0215. The van der Waals surface area contributed by atoms with Crippen molar-refractivity contribution in [3.8, 4) is 0 Å². The fourth-order valence-electron chi connectivity index (χ4n) is 3.25. The van der Waals surface area contributed by atoms with Crippen molar-refractivity contribution in [1.29, 1.82) is 0 Å². The van der Waals surface area contributed by atoms with E-state index in [1.807, 2.05) is 24.3 Å². The van der Waals surface area contributed by atoms with E-state index in [-0.39, 0.29) is 11.7 Å². The Morgan fingerprint density at radius 3 is 3.04 bits per heavy atom.